The van der Waals surface area contributed by atoms with E-state index >= 15 is 0 Å². The molecular formula is C21H34N4O3. The Hall–Kier alpha value is -2.12. The summed E-state index contributed by atoms with van der Waals surface area (Å²) in [5.41, 5.74) is 3.02. The van der Waals surface area contributed by atoms with Crippen LogP contribution in [0.5, 0.6) is 0 Å². The molecule has 28 heavy (non-hydrogen) atoms. The molecule has 1 fully saturated rings. The lowest BCUT2D eigenvalue weighted by atomic mass is 10.1. The van der Waals surface area contributed by atoms with Gasteiger partial charge in [-0.3, -0.25) is 9.69 Å². The zero-order chi connectivity index (χ0) is 20.5. The van der Waals surface area contributed by atoms with Gasteiger partial charge in [0, 0.05) is 45.0 Å². The number of anilines is 1. The fourth-order valence-electron chi connectivity index (χ4n) is 3.16. The normalized spacial score (nSPS) is 15.0. The van der Waals surface area contributed by atoms with Crippen LogP contribution in [0, 0.1) is 19.8 Å². The molecule has 0 bridgehead atoms. The molecule has 1 aliphatic heterocycles. The number of piperazine rings is 1. The summed E-state index contributed by atoms with van der Waals surface area (Å²) in [6.07, 6.45) is 0. The highest BCUT2D eigenvalue weighted by Crippen LogP contribution is 2.19. The van der Waals surface area contributed by atoms with Crippen LogP contribution < -0.4 is 10.6 Å². The van der Waals surface area contributed by atoms with Gasteiger partial charge in [0.15, 0.2) is 0 Å². The zero-order valence-electron chi connectivity index (χ0n) is 17.6. The molecule has 0 atom stereocenters. The Kier molecular flexibility index (Phi) is 8.73. The second-order valence-electron chi connectivity index (χ2n) is 7.78. The third-order valence-electron chi connectivity index (χ3n) is 4.75. The number of carbonyl (C=O) groups excluding carboxylic acids is 2. The van der Waals surface area contributed by atoms with Crippen LogP contribution >= 0.6 is 0 Å². The summed E-state index contributed by atoms with van der Waals surface area (Å²) in [7, 11) is 0. The number of carbonyl (C=O) groups is 2. The number of aryl methyl sites for hydroxylation is 2. The van der Waals surface area contributed by atoms with Crippen molar-refractivity contribution in [2.75, 3.05) is 57.8 Å². The lowest BCUT2D eigenvalue weighted by molar-refractivity contribution is -0.117. The van der Waals surface area contributed by atoms with Crippen molar-refractivity contribution in [3.8, 4) is 0 Å². The maximum atomic E-state index is 12.4. The minimum absolute atomic E-state index is 0.0161. The van der Waals surface area contributed by atoms with Crippen LogP contribution in [0.1, 0.15) is 25.0 Å². The van der Waals surface area contributed by atoms with Gasteiger partial charge in [0.1, 0.15) is 0 Å². The molecule has 1 aliphatic rings. The molecule has 1 aromatic rings. The first-order valence-electron chi connectivity index (χ1n) is 10.1. The SMILES string of the molecule is Cc1cccc(C)c1NC(=O)CN1CCN(C(=O)NCCOCC(C)C)CC1. The monoisotopic (exact) mass is 390 g/mol. The van der Waals surface area contributed by atoms with E-state index < -0.39 is 0 Å². The van der Waals surface area contributed by atoms with Gasteiger partial charge < -0.3 is 20.3 Å². The highest BCUT2D eigenvalue weighted by molar-refractivity contribution is 5.93. The van der Waals surface area contributed by atoms with E-state index in [1.807, 2.05) is 32.0 Å². The van der Waals surface area contributed by atoms with Crippen LogP contribution in [-0.2, 0) is 9.53 Å². The van der Waals surface area contributed by atoms with Gasteiger partial charge in [-0.1, -0.05) is 32.0 Å². The second-order valence-corrected chi connectivity index (χ2v) is 7.78. The number of nitrogens with zero attached hydrogens (tertiary/aromatic N) is 2. The molecule has 156 valence electrons. The van der Waals surface area contributed by atoms with E-state index in [9.17, 15) is 9.59 Å². The van der Waals surface area contributed by atoms with E-state index in [0.717, 1.165) is 16.8 Å². The van der Waals surface area contributed by atoms with Crippen molar-refractivity contribution in [2.24, 2.45) is 5.92 Å². The van der Waals surface area contributed by atoms with Crippen molar-refractivity contribution in [1.82, 2.24) is 15.1 Å². The Bertz CT molecular complexity index is 635. The average molecular weight is 391 g/mol. The number of amides is 3. The Morgan fingerprint density at radius 2 is 1.75 bits per heavy atom. The van der Waals surface area contributed by atoms with E-state index in [2.05, 4.69) is 29.4 Å². The van der Waals surface area contributed by atoms with E-state index in [1.54, 1.807) is 4.90 Å². The summed E-state index contributed by atoms with van der Waals surface area (Å²) < 4.78 is 5.47. The minimum atomic E-state index is -0.0622. The van der Waals surface area contributed by atoms with Crippen LogP contribution in [0.2, 0.25) is 0 Å². The summed E-state index contributed by atoms with van der Waals surface area (Å²) in [5, 5.41) is 5.91. The number of para-hydroxylation sites is 1. The molecule has 0 spiro atoms. The Balaban J connectivity index is 1.67. The summed E-state index contributed by atoms with van der Waals surface area (Å²) in [5.74, 6) is 0.480. The van der Waals surface area contributed by atoms with Gasteiger partial charge in [-0.25, -0.2) is 4.79 Å². The largest absolute Gasteiger partial charge is 0.379 e. The lowest BCUT2D eigenvalue weighted by Gasteiger charge is -2.34. The molecule has 1 heterocycles. The smallest absolute Gasteiger partial charge is 0.317 e. The molecule has 1 aromatic carbocycles. The molecule has 3 amide bonds. The fraction of sp³-hybridized carbons (Fsp3) is 0.619. The molecule has 2 N–H and O–H groups in total. The number of ether oxygens (including phenoxy) is 1. The van der Waals surface area contributed by atoms with E-state index in [1.165, 1.54) is 0 Å². The first kappa shape index (κ1) is 22.2. The fourth-order valence-corrected chi connectivity index (χ4v) is 3.16. The molecule has 1 saturated heterocycles. The summed E-state index contributed by atoms with van der Waals surface area (Å²) in [6.45, 7) is 12.9. The highest BCUT2D eigenvalue weighted by Gasteiger charge is 2.22. The first-order valence-corrected chi connectivity index (χ1v) is 10.1. The van der Waals surface area contributed by atoms with Crippen molar-refractivity contribution < 1.29 is 14.3 Å². The summed E-state index contributed by atoms with van der Waals surface area (Å²) in [6, 6.07) is 5.91. The molecule has 0 aromatic heterocycles. The minimum Gasteiger partial charge on any atom is -0.379 e. The molecule has 2 rings (SSSR count). The molecule has 7 nitrogen and oxygen atoms in total. The first-order chi connectivity index (χ1) is 13.4. The van der Waals surface area contributed by atoms with Crippen LogP contribution in [0.4, 0.5) is 10.5 Å². The molecule has 0 unspecified atom stereocenters. The van der Waals surface area contributed by atoms with E-state index in [0.29, 0.717) is 58.4 Å². The zero-order valence-corrected chi connectivity index (χ0v) is 17.6. The van der Waals surface area contributed by atoms with Gasteiger partial charge in [0.05, 0.1) is 13.2 Å². The quantitative estimate of drug-likeness (QED) is 0.668. The number of rotatable bonds is 8. The topological polar surface area (TPSA) is 73.9 Å². The van der Waals surface area contributed by atoms with Crippen LogP contribution in [0.25, 0.3) is 0 Å². The third kappa shape index (κ3) is 7.13. The summed E-state index contributed by atoms with van der Waals surface area (Å²) in [4.78, 5) is 28.5. The molecule has 0 saturated carbocycles. The third-order valence-corrected chi connectivity index (χ3v) is 4.75. The van der Waals surface area contributed by atoms with Crippen molar-refractivity contribution in [3.63, 3.8) is 0 Å². The van der Waals surface area contributed by atoms with Crippen molar-refractivity contribution in [2.45, 2.75) is 27.7 Å². The van der Waals surface area contributed by atoms with E-state index in [4.69, 9.17) is 4.74 Å². The maximum Gasteiger partial charge on any atom is 0.317 e. The molecular weight excluding hydrogens is 356 g/mol. The number of urea groups is 1. The van der Waals surface area contributed by atoms with Crippen molar-refractivity contribution >= 4 is 17.6 Å². The van der Waals surface area contributed by atoms with Crippen LogP contribution in [-0.4, -0.2) is 74.2 Å². The maximum absolute atomic E-state index is 12.4. The molecule has 0 radical (unpaired) electrons. The Labute approximate surface area is 168 Å². The van der Waals surface area contributed by atoms with Gasteiger partial charge in [-0.2, -0.15) is 0 Å². The number of hydrogen-bond donors (Lipinski definition) is 2. The van der Waals surface area contributed by atoms with Gasteiger partial charge in [-0.05, 0) is 30.9 Å². The highest BCUT2D eigenvalue weighted by atomic mass is 16.5. The van der Waals surface area contributed by atoms with Crippen LogP contribution in [0.15, 0.2) is 18.2 Å². The van der Waals surface area contributed by atoms with Crippen molar-refractivity contribution in [3.05, 3.63) is 29.3 Å². The number of nitrogens with one attached hydrogen (secondary N) is 2. The Morgan fingerprint density at radius 1 is 1.11 bits per heavy atom. The lowest BCUT2D eigenvalue weighted by Crippen LogP contribution is -2.53. The standard InChI is InChI=1S/C21H34N4O3/c1-16(2)15-28-13-8-22-21(27)25-11-9-24(10-12-25)14-19(26)23-20-17(3)6-5-7-18(20)4/h5-7,16H,8-15H2,1-4H3,(H,22,27)(H,23,26). The summed E-state index contributed by atoms with van der Waals surface area (Å²) >= 11 is 0. The predicted octanol–water partition coefficient (Wildman–Crippen LogP) is 2.24. The Morgan fingerprint density at radius 3 is 2.36 bits per heavy atom. The molecule has 7 heteroatoms. The van der Waals surface area contributed by atoms with E-state index in [-0.39, 0.29) is 11.9 Å². The van der Waals surface area contributed by atoms with Gasteiger partial charge >= 0.3 is 6.03 Å². The van der Waals surface area contributed by atoms with Crippen LogP contribution in [0.3, 0.4) is 0 Å². The number of benzene rings is 1. The van der Waals surface area contributed by atoms with Gasteiger partial charge in [-0.15, -0.1) is 0 Å². The van der Waals surface area contributed by atoms with Gasteiger partial charge in [0.2, 0.25) is 5.91 Å². The number of hydrogen-bond acceptors (Lipinski definition) is 4. The predicted molar refractivity (Wildman–Crippen MR) is 112 cm³/mol. The molecule has 0 aliphatic carbocycles. The average Bonchev–Trinajstić information content (AvgIpc) is 2.65. The second kappa shape index (κ2) is 11.0. The van der Waals surface area contributed by atoms with Crippen molar-refractivity contribution in [1.29, 1.82) is 0 Å². The van der Waals surface area contributed by atoms with Gasteiger partial charge in [0.25, 0.3) is 0 Å².